The van der Waals surface area contributed by atoms with Crippen molar-refractivity contribution < 1.29 is 36.6 Å². The van der Waals surface area contributed by atoms with Crippen LogP contribution in [0, 0.1) is 5.82 Å². The third kappa shape index (κ3) is 8.88. The smallest absolute Gasteiger partial charge is 0.416 e. The minimum atomic E-state index is -4.75. The molecule has 0 aliphatic carbocycles. The Morgan fingerprint density at radius 2 is 1.63 bits per heavy atom. The van der Waals surface area contributed by atoms with Crippen molar-refractivity contribution in [1.82, 2.24) is 0 Å². The van der Waals surface area contributed by atoms with Gasteiger partial charge in [-0.05, 0) is 25.0 Å². The molecule has 0 radical (unpaired) electrons. The second kappa shape index (κ2) is 11.6. The average molecular weight is 392 g/mol. The number of halogens is 4. The van der Waals surface area contributed by atoms with Gasteiger partial charge in [0.1, 0.15) is 12.4 Å². The molecule has 0 unspecified atom stereocenters. The molecule has 0 aliphatic heterocycles. The highest BCUT2D eigenvalue weighted by molar-refractivity contribution is 5.72. The zero-order valence-corrected chi connectivity index (χ0v) is 15.2. The molecular weight excluding hydrogens is 368 g/mol. The van der Waals surface area contributed by atoms with Crippen LogP contribution in [-0.2, 0) is 31.8 Å². The normalized spacial score (nSPS) is 11.3. The van der Waals surface area contributed by atoms with E-state index in [-0.39, 0.29) is 19.3 Å². The Morgan fingerprint density at radius 3 is 2.26 bits per heavy atom. The fourth-order valence-corrected chi connectivity index (χ4v) is 2.36. The monoisotopic (exact) mass is 392 g/mol. The average Bonchev–Trinajstić information content (AvgIpc) is 2.59. The van der Waals surface area contributed by atoms with Gasteiger partial charge in [0.15, 0.2) is 0 Å². The first-order chi connectivity index (χ1) is 12.8. The van der Waals surface area contributed by atoms with Crippen LogP contribution in [0.1, 0.15) is 63.0 Å². The minimum Gasteiger partial charge on any atom is -0.466 e. The van der Waals surface area contributed by atoms with Crippen molar-refractivity contribution >= 4 is 11.9 Å². The Hall–Kier alpha value is -2.12. The Balaban J connectivity index is 2.33. The number of rotatable bonds is 11. The topological polar surface area (TPSA) is 52.6 Å². The van der Waals surface area contributed by atoms with Crippen molar-refractivity contribution in [2.45, 2.75) is 64.7 Å². The van der Waals surface area contributed by atoms with Gasteiger partial charge in [-0.1, -0.05) is 32.3 Å². The molecule has 1 rings (SSSR count). The number of hydrogen-bond donors (Lipinski definition) is 0. The van der Waals surface area contributed by atoms with E-state index >= 15 is 0 Å². The lowest BCUT2D eigenvalue weighted by Gasteiger charge is -2.13. The summed E-state index contributed by atoms with van der Waals surface area (Å²) in [6, 6.07) is 2.54. The van der Waals surface area contributed by atoms with Crippen LogP contribution < -0.4 is 0 Å². The molecule has 0 bridgehead atoms. The lowest BCUT2D eigenvalue weighted by atomic mass is 10.1. The maximum absolute atomic E-state index is 13.6. The Bertz CT molecular complexity index is 614. The van der Waals surface area contributed by atoms with E-state index in [2.05, 4.69) is 6.92 Å². The number of benzene rings is 1. The van der Waals surface area contributed by atoms with Gasteiger partial charge in [0, 0.05) is 18.4 Å². The summed E-state index contributed by atoms with van der Waals surface area (Å²) in [5, 5.41) is 0. The van der Waals surface area contributed by atoms with Crippen LogP contribution in [0.4, 0.5) is 17.6 Å². The number of esters is 2. The lowest BCUT2D eigenvalue weighted by Crippen LogP contribution is -2.14. The highest BCUT2D eigenvalue weighted by atomic mass is 19.4. The van der Waals surface area contributed by atoms with Crippen LogP contribution in [-0.4, -0.2) is 18.5 Å². The molecule has 0 aliphatic rings. The van der Waals surface area contributed by atoms with Gasteiger partial charge < -0.3 is 9.47 Å². The SMILES string of the molecule is CCCCCCOC(=O)CCCC(=O)OCc1c(F)cccc1C(F)(F)F. The predicted molar refractivity (Wildman–Crippen MR) is 90.2 cm³/mol. The van der Waals surface area contributed by atoms with E-state index in [0.29, 0.717) is 6.61 Å². The molecule has 0 spiro atoms. The number of ether oxygens (including phenoxy) is 2. The molecule has 1 aromatic carbocycles. The molecule has 0 saturated heterocycles. The Labute approximate surface area is 155 Å². The summed E-state index contributed by atoms with van der Waals surface area (Å²) in [5.41, 5.74) is -1.90. The van der Waals surface area contributed by atoms with Gasteiger partial charge in [-0.25, -0.2) is 4.39 Å². The molecule has 1 aromatic rings. The highest BCUT2D eigenvalue weighted by Gasteiger charge is 2.34. The summed E-state index contributed by atoms with van der Waals surface area (Å²) in [6.07, 6.45) is -0.843. The molecular formula is C19H24F4O4. The zero-order valence-electron chi connectivity index (χ0n) is 15.2. The van der Waals surface area contributed by atoms with E-state index in [1.807, 2.05) is 0 Å². The molecule has 152 valence electrons. The number of carbonyl (C=O) groups excluding carboxylic acids is 2. The van der Waals surface area contributed by atoms with Crippen LogP contribution in [0.15, 0.2) is 18.2 Å². The minimum absolute atomic E-state index is 0.0103. The highest BCUT2D eigenvalue weighted by Crippen LogP contribution is 2.33. The molecule has 0 heterocycles. The summed E-state index contributed by atoms with van der Waals surface area (Å²) >= 11 is 0. The van der Waals surface area contributed by atoms with Crippen molar-refractivity contribution in [2.24, 2.45) is 0 Å². The maximum atomic E-state index is 13.6. The Kier molecular flexibility index (Phi) is 9.82. The molecule has 8 heteroatoms. The van der Waals surface area contributed by atoms with Crippen LogP contribution in [0.25, 0.3) is 0 Å². The first kappa shape index (κ1) is 22.9. The molecule has 27 heavy (non-hydrogen) atoms. The summed E-state index contributed by atoms with van der Waals surface area (Å²) in [6.45, 7) is 1.58. The van der Waals surface area contributed by atoms with Crippen LogP contribution in [0.2, 0.25) is 0 Å². The summed E-state index contributed by atoms with van der Waals surface area (Å²) in [4.78, 5) is 23.1. The first-order valence-corrected chi connectivity index (χ1v) is 8.91. The maximum Gasteiger partial charge on any atom is 0.416 e. The summed E-state index contributed by atoms with van der Waals surface area (Å²) in [7, 11) is 0. The van der Waals surface area contributed by atoms with E-state index in [9.17, 15) is 27.2 Å². The van der Waals surface area contributed by atoms with Gasteiger partial charge in [0.05, 0.1) is 12.2 Å². The van der Waals surface area contributed by atoms with Crippen LogP contribution in [0.5, 0.6) is 0 Å². The lowest BCUT2D eigenvalue weighted by molar-refractivity contribution is -0.148. The van der Waals surface area contributed by atoms with E-state index < -0.39 is 41.7 Å². The molecule has 0 N–H and O–H groups in total. The number of alkyl halides is 3. The summed E-state index contributed by atoms with van der Waals surface area (Å²) < 4.78 is 61.9. The van der Waals surface area contributed by atoms with E-state index in [4.69, 9.17) is 9.47 Å². The predicted octanol–water partition coefficient (Wildman–Crippen LogP) is 5.18. The number of hydrogen-bond acceptors (Lipinski definition) is 4. The molecule has 0 amide bonds. The van der Waals surface area contributed by atoms with Gasteiger partial charge in [-0.3, -0.25) is 9.59 Å². The van der Waals surface area contributed by atoms with Crippen molar-refractivity contribution in [3.63, 3.8) is 0 Å². The molecule has 4 nitrogen and oxygen atoms in total. The molecule has 0 fully saturated rings. The third-order valence-electron chi connectivity index (χ3n) is 3.82. The molecule has 0 aromatic heterocycles. The number of unbranched alkanes of at least 4 members (excludes halogenated alkanes) is 3. The standard InChI is InChI=1S/C19H24F4O4/c1-2-3-4-5-12-26-17(24)10-7-11-18(25)27-13-14-15(19(21,22)23)8-6-9-16(14)20/h6,8-9H,2-5,7,10-13H2,1H3. The second-order valence-corrected chi connectivity index (χ2v) is 6.06. The van der Waals surface area contributed by atoms with Crippen molar-refractivity contribution in [3.05, 3.63) is 35.1 Å². The van der Waals surface area contributed by atoms with Crippen molar-refractivity contribution in [3.8, 4) is 0 Å². The van der Waals surface area contributed by atoms with Crippen molar-refractivity contribution in [1.29, 1.82) is 0 Å². The van der Waals surface area contributed by atoms with Gasteiger partial charge in [0.25, 0.3) is 0 Å². The summed E-state index contributed by atoms with van der Waals surface area (Å²) in [5.74, 6) is -2.33. The third-order valence-corrected chi connectivity index (χ3v) is 3.82. The number of carbonyl (C=O) groups is 2. The largest absolute Gasteiger partial charge is 0.466 e. The zero-order chi connectivity index (χ0) is 20.3. The van der Waals surface area contributed by atoms with E-state index in [0.717, 1.165) is 43.9 Å². The second-order valence-electron chi connectivity index (χ2n) is 6.06. The van der Waals surface area contributed by atoms with Gasteiger partial charge in [-0.15, -0.1) is 0 Å². The fraction of sp³-hybridized carbons (Fsp3) is 0.579. The quantitative estimate of drug-likeness (QED) is 0.296. The first-order valence-electron chi connectivity index (χ1n) is 8.91. The van der Waals surface area contributed by atoms with E-state index in [1.54, 1.807) is 0 Å². The van der Waals surface area contributed by atoms with Crippen LogP contribution >= 0.6 is 0 Å². The fourth-order valence-electron chi connectivity index (χ4n) is 2.36. The van der Waals surface area contributed by atoms with Crippen LogP contribution in [0.3, 0.4) is 0 Å². The molecule has 0 saturated carbocycles. The van der Waals surface area contributed by atoms with Crippen molar-refractivity contribution in [2.75, 3.05) is 6.61 Å². The van der Waals surface area contributed by atoms with Gasteiger partial charge in [0.2, 0.25) is 0 Å². The van der Waals surface area contributed by atoms with Gasteiger partial charge in [-0.2, -0.15) is 13.2 Å². The Morgan fingerprint density at radius 1 is 0.963 bits per heavy atom. The van der Waals surface area contributed by atoms with E-state index in [1.165, 1.54) is 0 Å². The van der Waals surface area contributed by atoms with Gasteiger partial charge >= 0.3 is 18.1 Å². The molecule has 0 atom stereocenters.